The van der Waals surface area contributed by atoms with Crippen LogP contribution in [0.3, 0.4) is 0 Å². The maximum atomic E-state index is 10.6. The second-order valence-corrected chi connectivity index (χ2v) is 4.64. The summed E-state index contributed by atoms with van der Waals surface area (Å²) >= 11 is 8.19. The van der Waals surface area contributed by atoms with Crippen LogP contribution in [0.15, 0.2) is 10.2 Å². The molecule has 0 aromatic carbocycles. The molecule has 2 N–H and O–H groups in total. The molecule has 0 atom stereocenters. The minimum absolute atomic E-state index is 0.0514. The lowest BCUT2D eigenvalue weighted by Crippen LogP contribution is -2.13. The number of carbonyl (C=O) groups excluding carboxylic acids is 1. The summed E-state index contributed by atoms with van der Waals surface area (Å²) in [7, 11) is 0. The average molecular weight is 275 g/mol. The first-order valence-corrected chi connectivity index (χ1v) is 6.60. The summed E-state index contributed by atoms with van der Waals surface area (Å²) in [6.45, 7) is 0. The molecule has 0 aliphatic carbocycles. The molecular weight excluding hydrogens is 268 g/mol. The van der Waals surface area contributed by atoms with Crippen molar-refractivity contribution >= 4 is 41.0 Å². The van der Waals surface area contributed by atoms with Crippen molar-refractivity contribution in [1.29, 1.82) is 5.26 Å². The molecule has 0 aliphatic heterocycles. The molecule has 0 spiro atoms. The van der Waals surface area contributed by atoms with Crippen LogP contribution < -0.4 is 5.73 Å². The predicted octanol–water partition coefficient (Wildman–Crippen LogP) is 1.30. The topological polar surface area (TPSA) is 92.7 Å². The maximum absolute atomic E-state index is 10.6. The lowest BCUT2D eigenvalue weighted by molar-refractivity contribution is -0.115. The number of carbonyl (C=O) groups is 1. The molecule has 0 saturated carbocycles. The molecule has 1 aromatic rings. The zero-order valence-electron chi connectivity index (χ0n) is 8.23. The van der Waals surface area contributed by atoms with Gasteiger partial charge in [-0.05, 0) is 6.26 Å². The Bertz CT molecular complexity index is 460. The third-order valence-electron chi connectivity index (χ3n) is 1.46. The summed E-state index contributed by atoms with van der Waals surface area (Å²) in [4.78, 5) is 18.7. The summed E-state index contributed by atoms with van der Waals surface area (Å²) in [5.74, 6) is -0.426. The largest absolute Gasteiger partial charge is 0.369 e. The summed E-state index contributed by atoms with van der Waals surface area (Å²) in [5, 5.41) is 9.80. The van der Waals surface area contributed by atoms with Crippen molar-refractivity contribution in [2.24, 2.45) is 5.73 Å². The number of hydrogen-bond donors (Lipinski definition) is 1. The van der Waals surface area contributed by atoms with Gasteiger partial charge in [-0.1, -0.05) is 35.1 Å². The van der Waals surface area contributed by atoms with Gasteiger partial charge in [-0.2, -0.15) is 5.26 Å². The van der Waals surface area contributed by atoms with Gasteiger partial charge in [-0.15, -0.1) is 0 Å². The van der Waals surface area contributed by atoms with E-state index in [-0.39, 0.29) is 16.5 Å². The van der Waals surface area contributed by atoms with Gasteiger partial charge < -0.3 is 5.73 Å². The molecule has 16 heavy (non-hydrogen) atoms. The Balaban J connectivity index is 3.09. The number of thioether (sulfide) groups is 2. The summed E-state index contributed by atoms with van der Waals surface area (Å²) in [6.07, 6.45) is 1.79. The number of primary amides is 1. The first-order valence-electron chi connectivity index (χ1n) is 4.01. The Morgan fingerprint density at radius 2 is 2.31 bits per heavy atom. The van der Waals surface area contributed by atoms with Crippen LogP contribution in [0.5, 0.6) is 0 Å². The average Bonchev–Trinajstić information content (AvgIpc) is 2.25. The highest BCUT2D eigenvalue weighted by atomic mass is 35.5. The molecule has 8 heteroatoms. The molecule has 1 aromatic heterocycles. The molecule has 0 unspecified atom stereocenters. The van der Waals surface area contributed by atoms with E-state index in [1.165, 1.54) is 11.8 Å². The first-order chi connectivity index (χ1) is 7.58. The Kier molecular flexibility index (Phi) is 4.86. The molecular formula is C8H7ClN4OS2. The third kappa shape index (κ3) is 3.27. The zero-order valence-corrected chi connectivity index (χ0v) is 10.6. The first kappa shape index (κ1) is 13.1. The number of nitriles is 1. The number of rotatable bonds is 4. The van der Waals surface area contributed by atoms with Gasteiger partial charge >= 0.3 is 0 Å². The van der Waals surface area contributed by atoms with Crippen molar-refractivity contribution < 1.29 is 4.79 Å². The van der Waals surface area contributed by atoms with Crippen LogP contribution in [0.25, 0.3) is 0 Å². The van der Waals surface area contributed by atoms with Crippen LogP contribution >= 0.6 is 35.1 Å². The predicted molar refractivity (Wildman–Crippen MR) is 63.5 cm³/mol. The monoisotopic (exact) mass is 274 g/mol. The fraction of sp³-hybridized carbons (Fsp3) is 0.250. The number of nitrogens with zero attached hydrogens (tertiary/aromatic N) is 3. The molecule has 5 nitrogen and oxygen atoms in total. The van der Waals surface area contributed by atoms with Crippen LogP contribution in [0.1, 0.15) is 5.56 Å². The Labute approximate surface area is 106 Å². The molecule has 1 amide bonds. The minimum atomic E-state index is -0.477. The van der Waals surface area contributed by atoms with Crippen molar-refractivity contribution in [1.82, 2.24) is 9.97 Å². The standard InChI is InChI=1S/C8H7ClN4OS2/c1-15-8-12-6(9)4(2-10)7(13-8)16-3-5(11)14/h3H2,1H3,(H2,11,14). The van der Waals surface area contributed by atoms with Crippen LogP contribution in [-0.4, -0.2) is 27.9 Å². The van der Waals surface area contributed by atoms with Crippen molar-refractivity contribution in [2.45, 2.75) is 10.2 Å². The quantitative estimate of drug-likeness (QED) is 0.505. The number of hydrogen-bond acceptors (Lipinski definition) is 6. The number of halogens is 1. The van der Waals surface area contributed by atoms with Crippen molar-refractivity contribution in [2.75, 3.05) is 12.0 Å². The van der Waals surface area contributed by atoms with Gasteiger partial charge in [0.15, 0.2) is 10.3 Å². The summed E-state index contributed by atoms with van der Waals surface area (Å²) in [6, 6.07) is 1.90. The number of aromatic nitrogens is 2. The second-order valence-electron chi connectivity index (χ2n) is 2.55. The number of nitrogens with two attached hydrogens (primary N) is 1. The van der Waals surface area contributed by atoms with E-state index >= 15 is 0 Å². The van der Waals surface area contributed by atoms with Gasteiger partial charge in [0.2, 0.25) is 5.91 Å². The van der Waals surface area contributed by atoms with Crippen molar-refractivity contribution in [3.05, 3.63) is 10.7 Å². The maximum Gasteiger partial charge on any atom is 0.227 e. The van der Waals surface area contributed by atoms with Gasteiger partial charge in [0.05, 0.1) is 5.75 Å². The Hall–Kier alpha value is -0.970. The smallest absolute Gasteiger partial charge is 0.227 e. The highest BCUT2D eigenvalue weighted by molar-refractivity contribution is 8.00. The van der Waals surface area contributed by atoms with Gasteiger partial charge in [0, 0.05) is 0 Å². The van der Waals surface area contributed by atoms with Gasteiger partial charge in [-0.25, -0.2) is 9.97 Å². The van der Waals surface area contributed by atoms with Crippen molar-refractivity contribution in [3.8, 4) is 6.07 Å². The van der Waals surface area contributed by atoms with Crippen LogP contribution in [-0.2, 0) is 4.79 Å². The molecule has 0 bridgehead atoms. The molecule has 84 valence electrons. The van der Waals surface area contributed by atoms with E-state index < -0.39 is 5.91 Å². The van der Waals surface area contributed by atoms with E-state index in [1.54, 1.807) is 6.26 Å². The SMILES string of the molecule is CSc1nc(Cl)c(C#N)c(SCC(N)=O)n1. The molecule has 0 aliphatic rings. The van der Waals surface area contributed by atoms with E-state index in [2.05, 4.69) is 9.97 Å². The highest BCUT2D eigenvalue weighted by Gasteiger charge is 2.13. The van der Waals surface area contributed by atoms with E-state index in [4.69, 9.17) is 22.6 Å². The highest BCUT2D eigenvalue weighted by Crippen LogP contribution is 2.27. The van der Waals surface area contributed by atoms with Crippen LogP contribution in [0, 0.1) is 11.3 Å². The van der Waals surface area contributed by atoms with E-state index in [0.29, 0.717) is 10.2 Å². The fourth-order valence-electron chi connectivity index (χ4n) is 0.825. The lowest BCUT2D eigenvalue weighted by Gasteiger charge is -2.04. The van der Waals surface area contributed by atoms with Gasteiger partial charge in [0.1, 0.15) is 16.7 Å². The van der Waals surface area contributed by atoms with Crippen LogP contribution in [0.2, 0.25) is 5.15 Å². The number of amides is 1. The molecule has 1 heterocycles. The van der Waals surface area contributed by atoms with Crippen molar-refractivity contribution in [3.63, 3.8) is 0 Å². The molecule has 0 saturated heterocycles. The minimum Gasteiger partial charge on any atom is -0.369 e. The van der Waals surface area contributed by atoms with E-state index in [9.17, 15) is 4.79 Å². The Morgan fingerprint density at radius 3 is 2.81 bits per heavy atom. The summed E-state index contributed by atoms with van der Waals surface area (Å²) in [5.41, 5.74) is 5.19. The second kappa shape index (κ2) is 5.94. The summed E-state index contributed by atoms with van der Waals surface area (Å²) < 4.78 is 0. The van der Waals surface area contributed by atoms with E-state index in [0.717, 1.165) is 11.8 Å². The van der Waals surface area contributed by atoms with Gasteiger partial charge in [0.25, 0.3) is 0 Å². The molecule has 1 rings (SSSR count). The van der Waals surface area contributed by atoms with E-state index in [1.807, 2.05) is 6.07 Å². The van der Waals surface area contributed by atoms with Crippen LogP contribution in [0.4, 0.5) is 0 Å². The fourth-order valence-corrected chi connectivity index (χ4v) is 2.28. The molecule has 0 radical (unpaired) electrons. The normalized spacial score (nSPS) is 9.81. The Morgan fingerprint density at radius 1 is 1.62 bits per heavy atom. The molecule has 0 fully saturated rings. The van der Waals surface area contributed by atoms with Gasteiger partial charge in [-0.3, -0.25) is 4.79 Å². The lowest BCUT2D eigenvalue weighted by atomic mass is 10.4. The zero-order chi connectivity index (χ0) is 12.1. The third-order valence-corrected chi connectivity index (χ3v) is 3.28.